The third-order valence-corrected chi connectivity index (χ3v) is 5.45. The topological polar surface area (TPSA) is 47.6 Å². The average molecular weight is 384 g/mol. The molecule has 1 aliphatic rings. The molecule has 3 rings (SSSR count). The fourth-order valence-electron chi connectivity index (χ4n) is 4.18. The fraction of sp³-hybridized carbons (Fsp3) is 0.542. The Morgan fingerprint density at radius 2 is 1.96 bits per heavy atom. The van der Waals surface area contributed by atoms with E-state index in [4.69, 9.17) is 9.47 Å². The van der Waals surface area contributed by atoms with Gasteiger partial charge in [-0.25, -0.2) is 0 Å². The first kappa shape index (κ1) is 20.7. The number of nitrogens with one attached hydrogen (secondary N) is 1. The highest BCUT2D eigenvalue weighted by molar-refractivity contribution is 6.06. The number of hydrogen-bond donors (Lipinski definition) is 1. The molecule has 2 aromatic rings. The maximum Gasteiger partial charge on any atom is 0.256 e. The number of carbonyl (C=O) groups is 1. The van der Waals surface area contributed by atoms with Crippen LogP contribution in [0, 0.1) is 5.92 Å². The second-order valence-electron chi connectivity index (χ2n) is 8.32. The van der Waals surface area contributed by atoms with Crippen molar-refractivity contribution in [3.63, 3.8) is 0 Å². The second-order valence-corrected chi connectivity index (χ2v) is 8.32. The Labute approximate surface area is 168 Å². The summed E-state index contributed by atoms with van der Waals surface area (Å²) < 4.78 is 12.1. The number of fused-ring (bicyclic) bond motifs is 1. The summed E-state index contributed by atoms with van der Waals surface area (Å²) in [5, 5.41) is 5.18. The Bertz CT molecular complexity index is 817. The molecule has 0 heterocycles. The van der Waals surface area contributed by atoms with Gasteiger partial charge < -0.3 is 14.8 Å². The first-order valence-electron chi connectivity index (χ1n) is 10.6. The van der Waals surface area contributed by atoms with Crippen LogP contribution < -0.4 is 10.1 Å². The van der Waals surface area contributed by atoms with Crippen LogP contribution in [-0.2, 0) is 9.53 Å². The van der Waals surface area contributed by atoms with Crippen molar-refractivity contribution in [3.05, 3.63) is 36.4 Å². The minimum Gasteiger partial charge on any atom is -0.490 e. The molecule has 1 aliphatic carbocycles. The summed E-state index contributed by atoms with van der Waals surface area (Å²) in [6, 6.07) is 11.9. The molecular formula is C24H33NO3. The van der Waals surface area contributed by atoms with Crippen LogP contribution in [0.5, 0.6) is 5.75 Å². The molecule has 1 amide bonds. The van der Waals surface area contributed by atoms with E-state index in [1.54, 1.807) is 0 Å². The van der Waals surface area contributed by atoms with Crippen LogP contribution in [0.15, 0.2) is 36.4 Å². The van der Waals surface area contributed by atoms with E-state index in [1.807, 2.05) is 50.2 Å². The van der Waals surface area contributed by atoms with Crippen molar-refractivity contribution in [2.75, 3.05) is 11.9 Å². The molecule has 28 heavy (non-hydrogen) atoms. The van der Waals surface area contributed by atoms with Crippen molar-refractivity contribution in [1.82, 2.24) is 0 Å². The van der Waals surface area contributed by atoms with E-state index in [1.165, 1.54) is 0 Å². The smallest absolute Gasteiger partial charge is 0.256 e. The molecule has 1 fully saturated rings. The van der Waals surface area contributed by atoms with E-state index in [0.29, 0.717) is 12.5 Å². The number of carbonyl (C=O) groups excluding carboxylic acids is 1. The lowest BCUT2D eigenvalue weighted by atomic mass is 9.78. The zero-order chi connectivity index (χ0) is 20.1. The van der Waals surface area contributed by atoms with E-state index in [2.05, 4.69) is 19.2 Å². The average Bonchev–Trinajstić information content (AvgIpc) is 2.68. The van der Waals surface area contributed by atoms with Crippen molar-refractivity contribution in [2.24, 2.45) is 5.92 Å². The summed E-state index contributed by atoms with van der Waals surface area (Å²) in [6.45, 7) is 8.94. The summed E-state index contributed by atoms with van der Waals surface area (Å²) in [5.41, 5.74) is 0.0939. The Morgan fingerprint density at radius 1 is 1.21 bits per heavy atom. The molecule has 0 unspecified atom stereocenters. The van der Waals surface area contributed by atoms with Gasteiger partial charge in [-0.1, -0.05) is 44.5 Å². The highest BCUT2D eigenvalue weighted by Gasteiger charge is 2.42. The number of rotatable bonds is 7. The maximum absolute atomic E-state index is 13.4. The fourth-order valence-corrected chi connectivity index (χ4v) is 4.18. The van der Waals surface area contributed by atoms with E-state index in [0.717, 1.165) is 54.3 Å². The molecule has 1 N–H and O–H groups in total. The highest BCUT2D eigenvalue weighted by Crippen LogP contribution is 2.38. The Hall–Kier alpha value is -2.07. The molecule has 2 atom stereocenters. The van der Waals surface area contributed by atoms with E-state index >= 15 is 0 Å². The summed E-state index contributed by atoms with van der Waals surface area (Å²) in [6.07, 6.45) is 4.77. The first-order valence-corrected chi connectivity index (χ1v) is 10.6. The molecule has 0 aromatic heterocycles. The van der Waals surface area contributed by atoms with Gasteiger partial charge in [0.15, 0.2) is 0 Å². The quantitative estimate of drug-likeness (QED) is 0.643. The summed E-state index contributed by atoms with van der Waals surface area (Å²) in [5.74, 6) is 1.32. The van der Waals surface area contributed by atoms with Crippen LogP contribution in [0.3, 0.4) is 0 Å². The van der Waals surface area contributed by atoms with Crippen molar-refractivity contribution in [1.29, 1.82) is 0 Å². The van der Waals surface area contributed by atoms with E-state index < -0.39 is 5.60 Å². The number of ether oxygens (including phenoxy) is 2. The lowest BCUT2D eigenvalue weighted by Gasteiger charge is -2.38. The minimum absolute atomic E-state index is 0.0184. The molecule has 152 valence electrons. The number of hydrogen-bond acceptors (Lipinski definition) is 3. The zero-order valence-corrected chi connectivity index (χ0v) is 17.6. The van der Waals surface area contributed by atoms with Crippen LogP contribution in [0.4, 0.5) is 5.69 Å². The maximum atomic E-state index is 13.4. The molecule has 0 bridgehead atoms. The SMILES string of the molecule is CCCO[C@]1(C(=O)Nc2ccc(OC(C)C)c3ccccc23)CCC[C@@H](C)C1. The van der Waals surface area contributed by atoms with Crippen molar-refractivity contribution in [2.45, 2.75) is 71.5 Å². The third kappa shape index (κ3) is 4.49. The van der Waals surface area contributed by atoms with Crippen LogP contribution >= 0.6 is 0 Å². The molecule has 0 spiro atoms. The Balaban J connectivity index is 1.91. The summed E-state index contributed by atoms with van der Waals surface area (Å²) in [7, 11) is 0. The van der Waals surface area contributed by atoms with Gasteiger partial charge in [0.2, 0.25) is 0 Å². The first-order chi connectivity index (χ1) is 13.4. The molecule has 2 aromatic carbocycles. The standard InChI is InChI=1S/C24H33NO3/c1-5-15-27-24(14-8-9-18(4)16-24)23(26)25-21-12-13-22(28-17(2)3)20-11-7-6-10-19(20)21/h6-7,10-13,17-18H,5,8-9,14-16H2,1-4H3,(H,25,26)/t18-,24-/m1/s1. The van der Waals surface area contributed by atoms with Gasteiger partial charge >= 0.3 is 0 Å². The zero-order valence-electron chi connectivity index (χ0n) is 17.6. The predicted octanol–water partition coefficient (Wildman–Crippen LogP) is 5.94. The Kier molecular flexibility index (Phi) is 6.61. The number of benzene rings is 2. The summed E-state index contributed by atoms with van der Waals surface area (Å²) >= 11 is 0. The third-order valence-electron chi connectivity index (χ3n) is 5.45. The van der Waals surface area contributed by atoms with Crippen molar-refractivity contribution in [3.8, 4) is 5.75 Å². The lowest BCUT2D eigenvalue weighted by molar-refractivity contribution is -0.148. The molecular weight excluding hydrogens is 350 g/mol. The Morgan fingerprint density at radius 3 is 2.64 bits per heavy atom. The summed E-state index contributed by atoms with van der Waals surface area (Å²) in [4.78, 5) is 13.4. The van der Waals surface area contributed by atoms with Crippen molar-refractivity contribution < 1.29 is 14.3 Å². The molecule has 0 aliphatic heterocycles. The highest BCUT2D eigenvalue weighted by atomic mass is 16.5. The lowest BCUT2D eigenvalue weighted by Crippen LogP contribution is -2.48. The predicted molar refractivity (Wildman–Crippen MR) is 115 cm³/mol. The molecule has 1 saturated carbocycles. The van der Waals surface area contributed by atoms with Gasteiger partial charge in [-0.2, -0.15) is 0 Å². The monoisotopic (exact) mass is 383 g/mol. The van der Waals surface area contributed by atoms with Gasteiger partial charge in [0, 0.05) is 23.1 Å². The number of amides is 1. The largest absolute Gasteiger partial charge is 0.490 e. The van der Waals surface area contributed by atoms with E-state index in [9.17, 15) is 4.79 Å². The number of anilines is 1. The van der Waals surface area contributed by atoms with Crippen LogP contribution in [0.25, 0.3) is 10.8 Å². The van der Waals surface area contributed by atoms with Gasteiger partial charge in [-0.05, 0) is 57.6 Å². The molecule has 4 nitrogen and oxygen atoms in total. The van der Waals surface area contributed by atoms with Crippen molar-refractivity contribution >= 4 is 22.4 Å². The van der Waals surface area contributed by atoms with Gasteiger partial charge in [-0.15, -0.1) is 0 Å². The van der Waals surface area contributed by atoms with Crippen LogP contribution in [0.1, 0.15) is 59.8 Å². The van der Waals surface area contributed by atoms with Gasteiger partial charge in [0.05, 0.1) is 6.10 Å². The second kappa shape index (κ2) is 8.95. The minimum atomic E-state index is -0.720. The molecule has 4 heteroatoms. The molecule has 0 saturated heterocycles. The van der Waals surface area contributed by atoms with Gasteiger partial charge in [-0.3, -0.25) is 4.79 Å². The normalized spacial score (nSPS) is 22.4. The van der Waals surface area contributed by atoms with Gasteiger partial charge in [0.25, 0.3) is 5.91 Å². The van der Waals surface area contributed by atoms with E-state index in [-0.39, 0.29) is 12.0 Å². The van der Waals surface area contributed by atoms with Crippen LogP contribution in [0.2, 0.25) is 0 Å². The van der Waals surface area contributed by atoms with Crippen LogP contribution in [-0.4, -0.2) is 24.2 Å². The molecule has 0 radical (unpaired) electrons. The van der Waals surface area contributed by atoms with Gasteiger partial charge in [0.1, 0.15) is 11.4 Å².